The van der Waals surface area contributed by atoms with Crippen molar-refractivity contribution < 1.29 is 4.79 Å². The molecule has 1 heterocycles. The van der Waals surface area contributed by atoms with Crippen LogP contribution >= 0.6 is 0 Å². The molecule has 1 aromatic carbocycles. The van der Waals surface area contributed by atoms with E-state index in [2.05, 4.69) is 15.3 Å². The number of carbonyl (C=O) groups excluding carboxylic acids is 1. The van der Waals surface area contributed by atoms with E-state index in [9.17, 15) is 4.79 Å². The Hall–Kier alpha value is -2.74. The van der Waals surface area contributed by atoms with Crippen LogP contribution in [0.15, 0.2) is 42.9 Å². The topological polar surface area (TPSA) is 78.7 Å². The smallest absolute Gasteiger partial charge is 0.176 e. The summed E-state index contributed by atoms with van der Waals surface area (Å²) in [5, 5.41) is 11.5. The third-order valence-electron chi connectivity index (χ3n) is 2.28. The molecule has 0 unspecified atom stereocenters. The van der Waals surface area contributed by atoms with E-state index in [1.165, 1.54) is 0 Å². The standard InChI is InChI=1S/C13H10N4O/c14-6-5-12(18)10-1-3-11(4-2-10)17-13-9-15-7-8-16-13/h1-4,7-9H,5H2,(H,16,17). The van der Waals surface area contributed by atoms with Crippen LogP contribution in [0.2, 0.25) is 0 Å². The largest absolute Gasteiger partial charge is 0.339 e. The normalized spacial score (nSPS) is 9.50. The highest BCUT2D eigenvalue weighted by atomic mass is 16.1. The highest BCUT2D eigenvalue weighted by Crippen LogP contribution is 2.14. The molecule has 0 bridgehead atoms. The number of ketones is 1. The number of Topliss-reactive ketones (excluding diaryl/α,β-unsaturated/α-hetero) is 1. The van der Waals surface area contributed by atoms with Gasteiger partial charge in [0, 0.05) is 23.6 Å². The molecule has 0 radical (unpaired) electrons. The molecular formula is C13H10N4O. The molecule has 1 aromatic heterocycles. The molecule has 0 aliphatic carbocycles. The van der Waals surface area contributed by atoms with Crippen LogP contribution in [0.25, 0.3) is 0 Å². The fraction of sp³-hybridized carbons (Fsp3) is 0.0769. The van der Waals surface area contributed by atoms with Gasteiger partial charge >= 0.3 is 0 Å². The van der Waals surface area contributed by atoms with E-state index in [1.807, 2.05) is 6.07 Å². The van der Waals surface area contributed by atoms with Crippen molar-refractivity contribution in [1.29, 1.82) is 5.26 Å². The number of carbonyl (C=O) groups is 1. The van der Waals surface area contributed by atoms with Crippen LogP contribution in [-0.2, 0) is 0 Å². The van der Waals surface area contributed by atoms with Gasteiger partial charge in [0.2, 0.25) is 0 Å². The summed E-state index contributed by atoms with van der Waals surface area (Å²) >= 11 is 0. The summed E-state index contributed by atoms with van der Waals surface area (Å²) in [6.45, 7) is 0. The first kappa shape index (κ1) is 11.7. The molecule has 0 aliphatic rings. The van der Waals surface area contributed by atoms with Crippen LogP contribution in [0, 0.1) is 11.3 Å². The molecule has 5 nitrogen and oxygen atoms in total. The Morgan fingerprint density at radius 3 is 2.67 bits per heavy atom. The fourth-order valence-electron chi connectivity index (χ4n) is 1.42. The first-order valence-corrected chi connectivity index (χ1v) is 5.33. The highest BCUT2D eigenvalue weighted by Gasteiger charge is 2.04. The monoisotopic (exact) mass is 238 g/mol. The van der Waals surface area contributed by atoms with Gasteiger partial charge < -0.3 is 5.32 Å². The van der Waals surface area contributed by atoms with Crippen molar-refractivity contribution in [1.82, 2.24) is 9.97 Å². The minimum atomic E-state index is -0.177. The number of nitriles is 1. The summed E-state index contributed by atoms with van der Waals surface area (Å²) in [6.07, 6.45) is 4.69. The van der Waals surface area contributed by atoms with Crippen LogP contribution < -0.4 is 5.32 Å². The maximum atomic E-state index is 11.4. The Bertz CT molecular complexity index is 572. The van der Waals surface area contributed by atoms with E-state index in [0.717, 1.165) is 5.69 Å². The molecule has 1 N–H and O–H groups in total. The van der Waals surface area contributed by atoms with Crippen molar-refractivity contribution in [3.63, 3.8) is 0 Å². The summed E-state index contributed by atoms with van der Waals surface area (Å²) in [5.74, 6) is 0.456. The minimum Gasteiger partial charge on any atom is -0.339 e. The number of hydrogen-bond donors (Lipinski definition) is 1. The zero-order valence-electron chi connectivity index (χ0n) is 9.50. The summed E-state index contributed by atoms with van der Waals surface area (Å²) in [6, 6.07) is 8.72. The third-order valence-corrected chi connectivity index (χ3v) is 2.28. The maximum Gasteiger partial charge on any atom is 0.176 e. The summed E-state index contributed by atoms with van der Waals surface area (Å²) in [5.41, 5.74) is 1.34. The van der Waals surface area contributed by atoms with Crippen LogP contribution in [0.1, 0.15) is 16.8 Å². The number of rotatable bonds is 4. The van der Waals surface area contributed by atoms with Gasteiger partial charge in [-0.05, 0) is 24.3 Å². The summed E-state index contributed by atoms with van der Waals surface area (Å²) < 4.78 is 0. The number of hydrogen-bond acceptors (Lipinski definition) is 5. The molecule has 5 heteroatoms. The molecule has 2 rings (SSSR count). The number of aromatic nitrogens is 2. The van der Waals surface area contributed by atoms with Gasteiger partial charge in [-0.15, -0.1) is 0 Å². The second-order valence-electron chi connectivity index (χ2n) is 3.55. The summed E-state index contributed by atoms with van der Waals surface area (Å²) in [7, 11) is 0. The number of nitrogens with zero attached hydrogens (tertiary/aromatic N) is 3. The van der Waals surface area contributed by atoms with E-state index in [4.69, 9.17) is 5.26 Å². The van der Waals surface area contributed by atoms with Crippen molar-refractivity contribution in [2.75, 3.05) is 5.32 Å². The highest BCUT2D eigenvalue weighted by molar-refractivity contribution is 5.97. The quantitative estimate of drug-likeness (QED) is 0.827. The Labute approximate surface area is 104 Å². The van der Waals surface area contributed by atoms with Crippen LogP contribution in [0.3, 0.4) is 0 Å². The number of nitrogens with one attached hydrogen (secondary N) is 1. The Morgan fingerprint density at radius 1 is 1.28 bits per heavy atom. The lowest BCUT2D eigenvalue weighted by molar-refractivity contribution is 0.0998. The van der Waals surface area contributed by atoms with Gasteiger partial charge in [-0.2, -0.15) is 5.26 Å². The Kier molecular flexibility index (Phi) is 3.62. The average molecular weight is 238 g/mol. The van der Waals surface area contributed by atoms with Crippen molar-refractivity contribution in [3.8, 4) is 6.07 Å². The maximum absolute atomic E-state index is 11.4. The van der Waals surface area contributed by atoms with Crippen LogP contribution in [0.4, 0.5) is 11.5 Å². The Balaban J connectivity index is 2.09. The van der Waals surface area contributed by atoms with Crippen molar-refractivity contribution in [3.05, 3.63) is 48.4 Å². The van der Waals surface area contributed by atoms with Gasteiger partial charge in [-0.25, -0.2) is 4.98 Å². The average Bonchev–Trinajstić information content (AvgIpc) is 2.41. The van der Waals surface area contributed by atoms with E-state index in [0.29, 0.717) is 11.4 Å². The van der Waals surface area contributed by atoms with Crippen molar-refractivity contribution >= 4 is 17.3 Å². The van der Waals surface area contributed by atoms with Crippen molar-refractivity contribution in [2.24, 2.45) is 0 Å². The van der Waals surface area contributed by atoms with Gasteiger partial charge in [0.1, 0.15) is 5.82 Å². The van der Waals surface area contributed by atoms with Gasteiger partial charge in [0.15, 0.2) is 5.78 Å². The predicted molar refractivity (Wildman–Crippen MR) is 66.3 cm³/mol. The molecule has 88 valence electrons. The lowest BCUT2D eigenvalue weighted by atomic mass is 10.1. The first-order chi connectivity index (χ1) is 8.79. The second-order valence-corrected chi connectivity index (χ2v) is 3.55. The molecule has 0 saturated heterocycles. The predicted octanol–water partition coefficient (Wildman–Crippen LogP) is 2.32. The molecule has 2 aromatic rings. The van der Waals surface area contributed by atoms with Gasteiger partial charge in [0.25, 0.3) is 0 Å². The van der Waals surface area contributed by atoms with E-state index >= 15 is 0 Å². The summed E-state index contributed by atoms with van der Waals surface area (Å²) in [4.78, 5) is 19.5. The molecule has 0 aliphatic heterocycles. The van der Waals surface area contributed by atoms with Crippen LogP contribution in [0.5, 0.6) is 0 Å². The SMILES string of the molecule is N#CCC(=O)c1ccc(Nc2cnccn2)cc1. The minimum absolute atomic E-state index is 0.100. The fourth-order valence-corrected chi connectivity index (χ4v) is 1.42. The lowest BCUT2D eigenvalue weighted by Crippen LogP contribution is -1.98. The molecule has 18 heavy (non-hydrogen) atoms. The van der Waals surface area contributed by atoms with Gasteiger partial charge in [-0.1, -0.05) is 0 Å². The van der Waals surface area contributed by atoms with Crippen LogP contribution in [-0.4, -0.2) is 15.8 Å². The molecule has 0 saturated carbocycles. The second kappa shape index (κ2) is 5.55. The van der Waals surface area contributed by atoms with E-state index in [-0.39, 0.29) is 12.2 Å². The Morgan fingerprint density at radius 2 is 2.06 bits per heavy atom. The number of benzene rings is 1. The van der Waals surface area contributed by atoms with E-state index in [1.54, 1.807) is 42.9 Å². The zero-order chi connectivity index (χ0) is 12.8. The lowest BCUT2D eigenvalue weighted by Gasteiger charge is -2.05. The molecule has 0 amide bonds. The number of anilines is 2. The zero-order valence-corrected chi connectivity index (χ0v) is 9.50. The molecule has 0 atom stereocenters. The third kappa shape index (κ3) is 2.89. The molecule has 0 spiro atoms. The molecule has 0 fully saturated rings. The van der Waals surface area contributed by atoms with Gasteiger partial charge in [-0.3, -0.25) is 9.78 Å². The van der Waals surface area contributed by atoms with E-state index < -0.39 is 0 Å². The first-order valence-electron chi connectivity index (χ1n) is 5.33. The van der Waals surface area contributed by atoms with Crippen molar-refractivity contribution in [2.45, 2.75) is 6.42 Å². The molecular weight excluding hydrogens is 228 g/mol. The van der Waals surface area contributed by atoms with Gasteiger partial charge in [0.05, 0.1) is 18.7 Å².